The Labute approximate surface area is 177 Å². The van der Waals surface area contributed by atoms with Gasteiger partial charge in [0.1, 0.15) is 5.56 Å². The number of methoxy groups -OCH3 is 2. The maximum atomic E-state index is 11.5. The summed E-state index contributed by atoms with van der Waals surface area (Å²) in [6.45, 7) is 0. The lowest BCUT2D eigenvalue weighted by Gasteiger charge is -2.19. The fraction of sp³-hybridized carbons (Fsp3) is 0.435. The van der Waals surface area contributed by atoms with Gasteiger partial charge in [-0.1, -0.05) is 31.4 Å². The molecule has 1 fully saturated rings. The maximum Gasteiger partial charge on any atom is 0.341 e. The van der Waals surface area contributed by atoms with Gasteiger partial charge in [0.25, 0.3) is 0 Å². The Bertz CT molecular complexity index is 940. The number of aryl methyl sites for hydroxylation is 1. The lowest BCUT2D eigenvalue weighted by Crippen LogP contribution is -2.06. The number of benzene rings is 1. The molecule has 0 atom stereocenters. The Kier molecular flexibility index (Phi) is 7.27. The van der Waals surface area contributed by atoms with Crippen molar-refractivity contribution in [3.63, 3.8) is 0 Å². The van der Waals surface area contributed by atoms with Crippen LogP contribution in [0.25, 0.3) is 0 Å². The van der Waals surface area contributed by atoms with Crippen LogP contribution in [-0.4, -0.2) is 41.3 Å². The van der Waals surface area contributed by atoms with E-state index in [-0.39, 0.29) is 5.56 Å². The van der Waals surface area contributed by atoms with Crippen LogP contribution in [0.3, 0.4) is 0 Å². The summed E-state index contributed by atoms with van der Waals surface area (Å²) < 4.78 is 12.2. The van der Waals surface area contributed by atoms with Crippen LogP contribution < -0.4 is 9.47 Å². The molecule has 1 heterocycles. The topological polar surface area (TPSA) is 85.9 Å². The third kappa shape index (κ3) is 5.28. The highest BCUT2D eigenvalue weighted by atomic mass is 16.5. The number of hydrogen-bond donors (Lipinski definition) is 1. The van der Waals surface area contributed by atoms with E-state index in [0.717, 1.165) is 11.1 Å². The Balaban J connectivity index is 1.90. The molecule has 7 nitrogen and oxygen atoms in total. The SMILES string of the molecule is COc1ccc(CC(/C=N\c2c(C(=O)O)cnn2C)=C\C2CCCCC2)cc1OC. The van der Waals surface area contributed by atoms with Crippen LogP contribution in [0.4, 0.5) is 5.82 Å². The van der Waals surface area contributed by atoms with E-state index in [9.17, 15) is 9.90 Å². The molecular weight excluding hydrogens is 382 g/mol. The predicted octanol–water partition coefficient (Wildman–Crippen LogP) is 4.59. The molecule has 0 saturated heterocycles. The molecule has 2 aromatic rings. The van der Waals surface area contributed by atoms with Crippen LogP contribution >= 0.6 is 0 Å². The minimum atomic E-state index is -1.03. The van der Waals surface area contributed by atoms with Crippen LogP contribution in [0.5, 0.6) is 11.5 Å². The highest BCUT2D eigenvalue weighted by Gasteiger charge is 2.15. The number of rotatable bonds is 8. The number of ether oxygens (including phenoxy) is 2. The number of aromatic carboxylic acids is 1. The van der Waals surface area contributed by atoms with Crippen LogP contribution in [0.15, 0.2) is 41.0 Å². The molecule has 0 aliphatic heterocycles. The van der Waals surface area contributed by atoms with E-state index in [1.165, 1.54) is 43.0 Å². The number of aliphatic imine (C=N–C) groups is 1. The van der Waals surface area contributed by atoms with Crippen molar-refractivity contribution in [1.82, 2.24) is 9.78 Å². The molecule has 3 rings (SSSR count). The minimum Gasteiger partial charge on any atom is -0.493 e. The van der Waals surface area contributed by atoms with Crippen molar-refractivity contribution in [2.45, 2.75) is 38.5 Å². The lowest BCUT2D eigenvalue weighted by molar-refractivity contribution is 0.0698. The molecule has 160 valence electrons. The van der Waals surface area contributed by atoms with Crippen molar-refractivity contribution >= 4 is 18.0 Å². The minimum absolute atomic E-state index is 0.0943. The van der Waals surface area contributed by atoms with E-state index in [0.29, 0.717) is 29.7 Å². The van der Waals surface area contributed by atoms with Gasteiger partial charge in [-0.3, -0.25) is 4.68 Å². The van der Waals surface area contributed by atoms with Gasteiger partial charge < -0.3 is 14.6 Å². The first-order valence-electron chi connectivity index (χ1n) is 10.2. The number of allylic oxidation sites excluding steroid dienone is 2. The molecule has 1 N–H and O–H groups in total. The zero-order valence-electron chi connectivity index (χ0n) is 17.8. The number of carbonyl (C=O) groups is 1. The summed E-state index contributed by atoms with van der Waals surface area (Å²) in [5.41, 5.74) is 2.22. The molecule has 0 radical (unpaired) electrons. The van der Waals surface area contributed by atoms with E-state index in [4.69, 9.17) is 9.47 Å². The van der Waals surface area contributed by atoms with Crippen LogP contribution in [0, 0.1) is 5.92 Å². The van der Waals surface area contributed by atoms with Crippen molar-refractivity contribution in [1.29, 1.82) is 0 Å². The largest absolute Gasteiger partial charge is 0.493 e. The summed E-state index contributed by atoms with van der Waals surface area (Å²) in [4.78, 5) is 15.9. The quantitative estimate of drug-likeness (QED) is 0.642. The first kappa shape index (κ1) is 21.6. The fourth-order valence-electron chi connectivity index (χ4n) is 3.86. The van der Waals surface area contributed by atoms with Crippen molar-refractivity contribution in [3.8, 4) is 11.5 Å². The number of carboxylic acid groups (broad SMARTS) is 1. The summed E-state index contributed by atoms with van der Waals surface area (Å²) in [5, 5.41) is 13.4. The van der Waals surface area contributed by atoms with Gasteiger partial charge >= 0.3 is 5.97 Å². The summed E-state index contributed by atoms with van der Waals surface area (Å²) in [5.74, 6) is 1.19. The Morgan fingerprint density at radius 3 is 2.63 bits per heavy atom. The molecule has 1 aliphatic rings. The molecule has 1 aromatic carbocycles. The first-order chi connectivity index (χ1) is 14.5. The van der Waals surface area contributed by atoms with E-state index in [1.54, 1.807) is 27.5 Å². The van der Waals surface area contributed by atoms with E-state index >= 15 is 0 Å². The van der Waals surface area contributed by atoms with E-state index < -0.39 is 5.97 Å². The van der Waals surface area contributed by atoms with Gasteiger partial charge in [0.15, 0.2) is 17.3 Å². The summed E-state index contributed by atoms with van der Waals surface area (Å²) in [6.07, 6.45) is 12.2. The predicted molar refractivity (Wildman–Crippen MR) is 116 cm³/mol. The van der Waals surface area contributed by atoms with Crippen molar-refractivity contribution in [2.75, 3.05) is 14.2 Å². The molecule has 1 aromatic heterocycles. The third-order valence-electron chi connectivity index (χ3n) is 5.45. The van der Waals surface area contributed by atoms with Gasteiger partial charge in [-0.15, -0.1) is 0 Å². The summed E-state index contributed by atoms with van der Waals surface area (Å²) >= 11 is 0. The zero-order valence-corrected chi connectivity index (χ0v) is 17.8. The molecule has 0 bridgehead atoms. The zero-order chi connectivity index (χ0) is 21.5. The van der Waals surface area contributed by atoms with Gasteiger partial charge in [-0.05, 0) is 48.4 Å². The standard InChI is InChI=1S/C23H29N3O4/c1-26-22(19(15-25-26)23(27)28)24-14-18(11-16-7-5-4-6-8-16)12-17-9-10-20(29-2)21(13-17)30-3/h9-11,13-16H,4-8,12H2,1-3H3,(H,27,28)/b18-11+,24-14-. The summed E-state index contributed by atoms with van der Waals surface area (Å²) in [7, 11) is 4.93. The smallest absolute Gasteiger partial charge is 0.341 e. The second-order valence-electron chi connectivity index (χ2n) is 7.57. The van der Waals surface area contributed by atoms with Crippen molar-refractivity contribution in [2.24, 2.45) is 18.0 Å². The van der Waals surface area contributed by atoms with Crippen molar-refractivity contribution < 1.29 is 19.4 Å². The van der Waals surface area contributed by atoms with Gasteiger partial charge in [0, 0.05) is 13.3 Å². The molecule has 0 spiro atoms. The molecule has 0 unspecified atom stereocenters. The van der Waals surface area contributed by atoms with Crippen LogP contribution in [-0.2, 0) is 13.5 Å². The maximum absolute atomic E-state index is 11.5. The molecule has 1 aliphatic carbocycles. The fourth-order valence-corrected chi connectivity index (χ4v) is 3.86. The van der Waals surface area contributed by atoms with E-state index in [1.807, 2.05) is 18.2 Å². The van der Waals surface area contributed by atoms with Gasteiger partial charge in [0.05, 0.1) is 20.4 Å². The average Bonchev–Trinajstić information content (AvgIpc) is 3.13. The van der Waals surface area contributed by atoms with Crippen LogP contribution in [0.1, 0.15) is 48.0 Å². The number of hydrogen-bond acceptors (Lipinski definition) is 5. The Morgan fingerprint density at radius 2 is 1.97 bits per heavy atom. The van der Waals surface area contributed by atoms with Gasteiger partial charge in [-0.25, -0.2) is 9.79 Å². The normalized spacial score (nSPS) is 15.5. The van der Waals surface area contributed by atoms with Gasteiger partial charge in [0.2, 0.25) is 0 Å². The highest BCUT2D eigenvalue weighted by molar-refractivity contribution is 5.94. The van der Waals surface area contributed by atoms with E-state index in [2.05, 4.69) is 16.2 Å². The lowest BCUT2D eigenvalue weighted by atomic mass is 9.87. The Hall–Kier alpha value is -3.09. The molecular formula is C23H29N3O4. The second kappa shape index (κ2) is 10.1. The third-order valence-corrected chi connectivity index (χ3v) is 5.45. The molecule has 7 heteroatoms. The number of carboxylic acids is 1. The molecule has 1 saturated carbocycles. The Morgan fingerprint density at radius 1 is 1.23 bits per heavy atom. The number of aromatic nitrogens is 2. The van der Waals surface area contributed by atoms with Crippen molar-refractivity contribution in [3.05, 3.63) is 47.2 Å². The van der Waals surface area contributed by atoms with Crippen LogP contribution in [0.2, 0.25) is 0 Å². The molecule has 30 heavy (non-hydrogen) atoms. The monoisotopic (exact) mass is 411 g/mol. The highest BCUT2D eigenvalue weighted by Crippen LogP contribution is 2.30. The summed E-state index contributed by atoms with van der Waals surface area (Å²) in [6, 6.07) is 5.87. The van der Waals surface area contributed by atoms with Gasteiger partial charge in [-0.2, -0.15) is 5.10 Å². The first-order valence-corrected chi connectivity index (χ1v) is 10.2. The average molecular weight is 412 g/mol. The molecule has 0 amide bonds. The number of nitrogens with zero attached hydrogens (tertiary/aromatic N) is 3. The second-order valence-corrected chi connectivity index (χ2v) is 7.57.